The lowest BCUT2D eigenvalue weighted by Crippen LogP contribution is -2.57. The molecule has 0 aromatic heterocycles. The first-order chi connectivity index (χ1) is 5.77. The molecule has 66 valence electrons. The maximum absolute atomic E-state index is 11.0. The highest BCUT2D eigenvalue weighted by Crippen LogP contribution is 1.95. The zero-order chi connectivity index (χ0) is 8.97. The van der Waals surface area contributed by atoms with E-state index in [4.69, 9.17) is 5.26 Å². The summed E-state index contributed by atoms with van der Waals surface area (Å²) in [6.07, 6.45) is 0. The lowest BCUT2D eigenvalue weighted by atomic mass is 10.2. The van der Waals surface area contributed by atoms with Gasteiger partial charge in [-0.3, -0.25) is 10.1 Å². The number of nitrogens with one attached hydrogen (secondary N) is 2. The number of esters is 1. The molecular formula is C7H11N3O2. The minimum Gasteiger partial charge on any atom is -0.468 e. The summed E-state index contributed by atoms with van der Waals surface area (Å²) in [7, 11) is 1.33. The fraction of sp³-hybridized carbons (Fsp3) is 0.714. The van der Waals surface area contributed by atoms with Crippen LogP contribution in [0.1, 0.15) is 0 Å². The molecule has 1 aliphatic rings. The molecule has 5 nitrogen and oxygen atoms in total. The second-order valence-corrected chi connectivity index (χ2v) is 2.58. The smallest absolute Gasteiger partial charge is 0.324 e. The van der Waals surface area contributed by atoms with Crippen molar-refractivity contribution in [1.29, 1.82) is 5.26 Å². The van der Waals surface area contributed by atoms with E-state index < -0.39 is 6.04 Å². The van der Waals surface area contributed by atoms with Crippen LogP contribution in [0.15, 0.2) is 0 Å². The van der Waals surface area contributed by atoms with Crippen molar-refractivity contribution in [3.63, 3.8) is 0 Å². The van der Waals surface area contributed by atoms with E-state index in [1.54, 1.807) is 0 Å². The van der Waals surface area contributed by atoms with E-state index in [0.29, 0.717) is 13.1 Å². The Morgan fingerprint density at radius 3 is 3.00 bits per heavy atom. The van der Waals surface area contributed by atoms with E-state index in [1.807, 2.05) is 6.07 Å². The standard InChI is InChI=1S/C7H11N3O2/c1-12-7(11)6-4-9-3-5(2-8)10-6/h5-6,9-10H,3-4H2,1H3/t5-,6-/m0/s1. The zero-order valence-corrected chi connectivity index (χ0v) is 6.83. The van der Waals surface area contributed by atoms with Crippen molar-refractivity contribution >= 4 is 5.97 Å². The van der Waals surface area contributed by atoms with Crippen LogP contribution in [0.3, 0.4) is 0 Å². The first-order valence-corrected chi connectivity index (χ1v) is 3.72. The van der Waals surface area contributed by atoms with Gasteiger partial charge in [0, 0.05) is 13.1 Å². The Kier molecular flexibility index (Phi) is 3.02. The highest BCUT2D eigenvalue weighted by Gasteiger charge is 2.26. The third kappa shape index (κ3) is 1.94. The molecule has 1 aliphatic heterocycles. The lowest BCUT2D eigenvalue weighted by Gasteiger charge is -2.25. The van der Waals surface area contributed by atoms with E-state index in [-0.39, 0.29) is 12.0 Å². The number of piperazine rings is 1. The molecule has 1 rings (SSSR count). The average molecular weight is 169 g/mol. The van der Waals surface area contributed by atoms with Gasteiger partial charge in [-0.1, -0.05) is 0 Å². The SMILES string of the molecule is COC(=O)[C@@H]1CNC[C@H](C#N)N1. The van der Waals surface area contributed by atoms with Crippen LogP contribution >= 0.6 is 0 Å². The molecule has 1 heterocycles. The number of carbonyl (C=O) groups is 1. The number of carbonyl (C=O) groups excluding carboxylic acids is 1. The summed E-state index contributed by atoms with van der Waals surface area (Å²) >= 11 is 0. The summed E-state index contributed by atoms with van der Waals surface area (Å²) in [4.78, 5) is 11.0. The monoisotopic (exact) mass is 169 g/mol. The molecule has 0 aliphatic carbocycles. The minimum atomic E-state index is -0.395. The summed E-state index contributed by atoms with van der Waals surface area (Å²) in [5.41, 5.74) is 0. The minimum absolute atomic E-state index is 0.303. The lowest BCUT2D eigenvalue weighted by molar-refractivity contribution is -0.143. The van der Waals surface area contributed by atoms with E-state index in [9.17, 15) is 4.79 Å². The summed E-state index contributed by atoms with van der Waals surface area (Å²) in [6, 6.07) is 1.33. The number of methoxy groups -OCH3 is 1. The first-order valence-electron chi connectivity index (χ1n) is 3.72. The summed E-state index contributed by atoms with van der Waals surface area (Å²) in [5, 5.41) is 14.4. The van der Waals surface area contributed by atoms with E-state index >= 15 is 0 Å². The predicted molar refractivity (Wildman–Crippen MR) is 41.2 cm³/mol. The molecule has 2 N–H and O–H groups in total. The van der Waals surface area contributed by atoms with Crippen molar-refractivity contribution in [1.82, 2.24) is 10.6 Å². The van der Waals surface area contributed by atoms with Gasteiger partial charge in [0.1, 0.15) is 12.1 Å². The Morgan fingerprint density at radius 2 is 2.42 bits per heavy atom. The van der Waals surface area contributed by atoms with Crippen LogP contribution in [-0.4, -0.2) is 38.3 Å². The molecular weight excluding hydrogens is 158 g/mol. The molecule has 0 unspecified atom stereocenters. The maximum Gasteiger partial charge on any atom is 0.324 e. The van der Waals surface area contributed by atoms with Crippen LogP contribution in [0, 0.1) is 11.3 Å². The molecule has 5 heteroatoms. The van der Waals surface area contributed by atoms with E-state index in [1.165, 1.54) is 7.11 Å². The van der Waals surface area contributed by atoms with Gasteiger partial charge in [-0.15, -0.1) is 0 Å². The van der Waals surface area contributed by atoms with E-state index in [2.05, 4.69) is 15.4 Å². The van der Waals surface area contributed by atoms with Gasteiger partial charge in [0.2, 0.25) is 0 Å². The molecule has 0 saturated carbocycles. The van der Waals surface area contributed by atoms with Gasteiger partial charge in [-0.2, -0.15) is 5.26 Å². The second-order valence-electron chi connectivity index (χ2n) is 2.58. The highest BCUT2D eigenvalue weighted by molar-refractivity contribution is 5.76. The molecule has 1 fully saturated rings. The Balaban J connectivity index is 2.47. The number of hydrogen-bond donors (Lipinski definition) is 2. The molecule has 0 bridgehead atoms. The topological polar surface area (TPSA) is 74.1 Å². The van der Waals surface area contributed by atoms with Crippen LogP contribution in [0.25, 0.3) is 0 Å². The third-order valence-corrected chi connectivity index (χ3v) is 1.74. The first kappa shape index (κ1) is 8.97. The summed E-state index contributed by atoms with van der Waals surface area (Å²) < 4.78 is 4.53. The van der Waals surface area contributed by atoms with Crippen molar-refractivity contribution in [3.05, 3.63) is 0 Å². The van der Waals surface area contributed by atoms with Crippen LogP contribution in [0.5, 0.6) is 0 Å². The highest BCUT2D eigenvalue weighted by atomic mass is 16.5. The fourth-order valence-corrected chi connectivity index (χ4v) is 1.11. The van der Waals surface area contributed by atoms with Gasteiger partial charge in [-0.25, -0.2) is 0 Å². The van der Waals surface area contributed by atoms with Gasteiger partial charge in [0.05, 0.1) is 13.2 Å². The van der Waals surface area contributed by atoms with Gasteiger partial charge >= 0.3 is 5.97 Å². The van der Waals surface area contributed by atoms with E-state index in [0.717, 1.165) is 0 Å². The molecule has 0 radical (unpaired) electrons. The molecule has 0 aromatic carbocycles. The van der Waals surface area contributed by atoms with Gasteiger partial charge in [-0.05, 0) is 0 Å². The predicted octanol–water partition coefficient (Wildman–Crippen LogP) is -1.39. The van der Waals surface area contributed by atoms with Crippen molar-refractivity contribution in [2.24, 2.45) is 0 Å². The molecule has 12 heavy (non-hydrogen) atoms. The number of nitriles is 1. The summed E-state index contributed by atoms with van der Waals surface area (Å²) in [5.74, 6) is -0.331. The number of hydrogen-bond acceptors (Lipinski definition) is 5. The zero-order valence-electron chi connectivity index (χ0n) is 6.83. The van der Waals surface area contributed by atoms with Crippen molar-refractivity contribution in [2.45, 2.75) is 12.1 Å². The van der Waals surface area contributed by atoms with Crippen molar-refractivity contribution < 1.29 is 9.53 Å². The quantitative estimate of drug-likeness (QED) is 0.473. The Morgan fingerprint density at radius 1 is 1.67 bits per heavy atom. The fourth-order valence-electron chi connectivity index (χ4n) is 1.11. The van der Waals surface area contributed by atoms with Crippen LogP contribution < -0.4 is 10.6 Å². The molecule has 0 spiro atoms. The number of ether oxygens (including phenoxy) is 1. The largest absolute Gasteiger partial charge is 0.468 e. The second kappa shape index (κ2) is 4.04. The van der Waals surface area contributed by atoms with Crippen LogP contribution in [-0.2, 0) is 9.53 Å². The number of nitrogens with zero attached hydrogens (tertiary/aromatic N) is 1. The number of rotatable bonds is 1. The molecule has 0 aromatic rings. The Labute approximate surface area is 70.7 Å². The summed E-state index contributed by atoms with van der Waals surface area (Å²) in [6.45, 7) is 1.09. The average Bonchev–Trinajstić information content (AvgIpc) is 2.17. The van der Waals surface area contributed by atoms with Gasteiger partial charge in [0.25, 0.3) is 0 Å². The Bertz CT molecular complexity index is 211. The van der Waals surface area contributed by atoms with Gasteiger partial charge in [0.15, 0.2) is 0 Å². The van der Waals surface area contributed by atoms with Crippen molar-refractivity contribution in [2.75, 3.05) is 20.2 Å². The van der Waals surface area contributed by atoms with Crippen LogP contribution in [0.2, 0.25) is 0 Å². The third-order valence-electron chi connectivity index (χ3n) is 1.74. The van der Waals surface area contributed by atoms with Crippen LogP contribution in [0.4, 0.5) is 0 Å². The molecule has 0 amide bonds. The molecule has 1 saturated heterocycles. The van der Waals surface area contributed by atoms with Crippen molar-refractivity contribution in [3.8, 4) is 6.07 Å². The van der Waals surface area contributed by atoms with Gasteiger partial charge < -0.3 is 10.1 Å². The maximum atomic E-state index is 11.0. The molecule has 2 atom stereocenters. The Hall–Kier alpha value is -1.12. The normalized spacial score (nSPS) is 29.0.